The summed E-state index contributed by atoms with van der Waals surface area (Å²) in [6, 6.07) is 18.6. The number of pyridine rings is 2. The lowest BCUT2D eigenvalue weighted by Gasteiger charge is -2.09. The van der Waals surface area contributed by atoms with Crippen LogP contribution in [0.25, 0.3) is 21.9 Å². The maximum Gasteiger partial charge on any atom is 0.258 e. The average molecular weight is 328 g/mol. The molecule has 0 unspecified atom stereocenters. The van der Waals surface area contributed by atoms with Gasteiger partial charge >= 0.3 is 0 Å². The zero-order valence-electron chi connectivity index (χ0n) is 13.5. The van der Waals surface area contributed by atoms with Crippen LogP contribution in [0.1, 0.15) is 5.56 Å². The zero-order chi connectivity index (χ0) is 17.2. The van der Waals surface area contributed by atoms with Gasteiger partial charge in [-0.1, -0.05) is 18.2 Å². The Balaban J connectivity index is 1.75. The minimum absolute atomic E-state index is 0.0397. The molecule has 4 aromatic rings. The van der Waals surface area contributed by atoms with Gasteiger partial charge in [0, 0.05) is 24.0 Å². The first-order valence-corrected chi connectivity index (χ1v) is 8.02. The smallest absolute Gasteiger partial charge is 0.258 e. The number of aromatic nitrogens is 2. The number of phenols is 1. The van der Waals surface area contributed by atoms with Gasteiger partial charge in [0.05, 0.1) is 6.54 Å². The molecule has 0 saturated heterocycles. The standard InChI is InChI=1S/C21H16N2O2/c24-19-3-1-2-15(12-19)14-23-11-8-18-13-17(4-5-20(18)21(23)25)16-6-9-22-10-7-16/h1-13,24H,14H2. The molecular weight excluding hydrogens is 312 g/mol. The summed E-state index contributed by atoms with van der Waals surface area (Å²) in [5.74, 6) is 0.202. The third-order valence-corrected chi connectivity index (χ3v) is 4.25. The van der Waals surface area contributed by atoms with Crippen LogP contribution in [0.5, 0.6) is 5.75 Å². The molecule has 0 aliphatic heterocycles. The highest BCUT2D eigenvalue weighted by molar-refractivity contribution is 5.86. The van der Waals surface area contributed by atoms with Gasteiger partial charge in [-0.3, -0.25) is 9.78 Å². The highest BCUT2D eigenvalue weighted by Crippen LogP contribution is 2.22. The van der Waals surface area contributed by atoms with E-state index >= 15 is 0 Å². The van der Waals surface area contributed by atoms with Crippen LogP contribution in [-0.4, -0.2) is 14.7 Å². The first kappa shape index (κ1) is 15.1. The molecule has 2 aromatic heterocycles. The lowest BCUT2D eigenvalue weighted by atomic mass is 10.0. The zero-order valence-corrected chi connectivity index (χ0v) is 13.5. The highest BCUT2D eigenvalue weighted by atomic mass is 16.3. The fourth-order valence-electron chi connectivity index (χ4n) is 2.99. The summed E-state index contributed by atoms with van der Waals surface area (Å²) in [6.07, 6.45) is 5.31. The van der Waals surface area contributed by atoms with E-state index in [2.05, 4.69) is 4.98 Å². The molecule has 4 heteroatoms. The van der Waals surface area contributed by atoms with Gasteiger partial charge in [-0.15, -0.1) is 0 Å². The van der Waals surface area contributed by atoms with Gasteiger partial charge in [0.25, 0.3) is 5.56 Å². The second kappa shape index (κ2) is 6.24. The van der Waals surface area contributed by atoms with Crippen LogP contribution in [0.15, 0.2) is 84.0 Å². The summed E-state index contributed by atoms with van der Waals surface area (Å²) < 4.78 is 1.66. The van der Waals surface area contributed by atoms with Crippen LogP contribution in [-0.2, 0) is 6.54 Å². The van der Waals surface area contributed by atoms with E-state index in [1.54, 1.807) is 41.4 Å². The summed E-state index contributed by atoms with van der Waals surface area (Å²) in [5, 5.41) is 11.2. The van der Waals surface area contributed by atoms with Crippen LogP contribution in [0, 0.1) is 0 Å². The van der Waals surface area contributed by atoms with Crippen molar-refractivity contribution in [3.63, 3.8) is 0 Å². The average Bonchev–Trinajstić information content (AvgIpc) is 2.65. The number of hydrogen-bond donors (Lipinski definition) is 1. The predicted molar refractivity (Wildman–Crippen MR) is 98.6 cm³/mol. The maximum atomic E-state index is 12.8. The molecule has 122 valence electrons. The van der Waals surface area contributed by atoms with Crippen molar-refractivity contribution >= 4 is 10.8 Å². The number of rotatable bonds is 3. The Labute approximate surface area is 144 Å². The molecular formula is C21H16N2O2. The number of fused-ring (bicyclic) bond motifs is 1. The van der Waals surface area contributed by atoms with Crippen molar-refractivity contribution in [2.24, 2.45) is 0 Å². The van der Waals surface area contributed by atoms with E-state index in [1.165, 1.54) is 0 Å². The maximum absolute atomic E-state index is 12.8. The van der Waals surface area contributed by atoms with E-state index < -0.39 is 0 Å². The quantitative estimate of drug-likeness (QED) is 0.622. The van der Waals surface area contributed by atoms with Crippen molar-refractivity contribution in [2.45, 2.75) is 6.54 Å². The molecule has 4 nitrogen and oxygen atoms in total. The summed E-state index contributed by atoms with van der Waals surface area (Å²) in [4.78, 5) is 16.8. The third kappa shape index (κ3) is 3.02. The Morgan fingerprint density at radius 2 is 1.76 bits per heavy atom. The molecule has 4 rings (SSSR count). The Morgan fingerprint density at radius 1 is 0.920 bits per heavy atom. The summed E-state index contributed by atoms with van der Waals surface area (Å²) in [6.45, 7) is 0.426. The van der Waals surface area contributed by atoms with E-state index in [9.17, 15) is 9.90 Å². The minimum atomic E-state index is -0.0397. The Bertz CT molecular complexity index is 1100. The predicted octanol–water partition coefficient (Wildman–Crippen LogP) is 3.82. The molecule has 0 spiro atoms. The van der Waals surface area contributed by atoms with E-state index in [0.29, 0.717) is 11.9 Å². The topological polar surface area (TPSA) is 55.1 Å². The fraction of sp³-hybridized carbons (Fsp3) is 0.0476. The van der Waals surface area contributed by atoms with Crippen molar-refractivity contribution in [2.75, 3.05) is 0 Å². The van der Waals surface area contributed by atoms with Crippen molar-refractivity contribution in [3.8, 4) is 16.9 Å². The van der Waals surface area contributed by atoms with E-state index in [1.807, 2.05) is 42.5 Å². The highest BCUT2D eigenvalue weighted by Gasteiger charge is 2.06. The van der Waals surface area contributed by atoms with Crippen molar-refractivity contribution < 1.29 is 5.11 Å². The van der Waals surface area contributed by atoms with E-state index in [0.717, 1.165) is 22.1 Å². The van der Waals surface area contributed by atoms with Gasteiger partial charge in [-0.05, 0) is 64.5 Å². The SMILES string of the molecule is O=c1c2ccc(-c3ccncc3)cc2ccn1Cc1cccc(O)c1. The molecule has 0 aliphatic rings. The fourth-order valence-corrected chi connectivity index (χ4v) is 2.99. The van der Waals surface area contributed by atoms with Crippen LogP contribution in [0.3, 0.4) is 0 Å². The first-order chi connectivity index (χ1) is 12.2. The Hall–Kier alpha value is -3.40. The lowest BCUT2D eigenvalue weighted by molar-refractivity contribution is 0.474. The molecule has 0 radical (unpaired) electrons. The molecule has 1 N–H and O–H groups in total. The first-order valence-electron chi connectivity index (χ1n) is 8.02. The van der Waals surface area contributed by atoms with E-state index in [4.69, 9.17) is 0 Å². The third-order valence-electron chi connectivity index (χ3n) is 4.25. The monoisotopic (exact) mass is 328 g/mol. The molecule has 0 atom stereocenters. The largest absolute Gasteiger partial charge is 0.508 e. The molecule has 0 aliphatic carbocycles. The molecule has 0 bridgehead atoms. The summed E-state index contributed by atoms with van der Waals surface area (Å²) >= 11 is 0. The number of benzene rings is 2. The van der Waals surface area contributed by atoms with Gasteiger partial charge < -0.3 is 9.67 Å². The van der Waals surface area contributed by atoms with Gasteiger partial charge in [-0.2, -0.15) is 0 Å². The summed E-state index contributed by atoms with van der Waals surface area (Å²) in [5.41, 5.74) is 2.97. The number of aromatic hydroxyl groups is 1. The lowest BCUT2D eigenvalue weighted by Crippen LogP contribution is -2.19. The second-order valence-electron chi connectivity index (χ2n) is 5.96. The molecule has 0 amide bonds. The van der Waals surface area contributed by atoms with E-state index in [-0.39, 0.29) is 11.3 Å². The van der Waals surface area contributed by atoms with Gasteiger partial charge in [0.1, 0.15) is 5.75 Å². The van der Waals surface area contributed by atoms with Crippen molar-refractivity contribution in [1.29, 1.82) is 0 Å². The second-order valence-corrected chi connectivity index (χ2v) is 5.96. The van der Waals surface area contributed by atoms with Crippen LogP contribution < -0.4 is 5.56 Å². The Kier molecular flexibility index (Phi) is 3.78. The number of nitrogens with zero attached hydrogens (tertiary/aromatic N) is 2. The number of phenolic OH excluding ortho intramolecular Hbond substituents is 1. The van der Waals surface area contributed by atoms with Crippen LogP contribution in [0.2, 0.25) is 0 Å². The summed E-state index contributed by atoms with van der Waals surface area (Å²) in [7, 11) is 0. The van der Waals surface area contributed by atoms with Crippen molar-refractivity contribution in [1.82, 2.24) is 9.55 Å². The Morgan fingerprint density at radius 3 is 2.56 bits per heavy atom. The van der Waals surface area contributed by atoms with Gasteiger partial charge in [0.2, 0.25) is 0 Å². The normalized spacial score (nSPS) is 10.9. The molecule has 2 aromatic carbocycles. The molecule has 2 heterocycles. The van der Waals surface area contributed by atoms with Crippen LogP contribution in [0.4, 0.5) is 0 Å². The number of hydrogen-bond acceptors (Lipinski definition) is 3. The molecule has 25 heavy (non-hydrogen) atoms. The molecule has 0 fully saturated rings. The minimum Gasteiger partial charge on any atom is -0.508 e. The molecule has 0 saturated carbocycles. The van der Waals surface area contributed by atoms with Crippen molar-refractivity contribution in [3.05, 3.63) is 95.2 Å². The van der Waals surface area contributed by atoms with Gasteiger partial charge in [-0.25, -0.2) is 0 Å². The van der Waals surface area contributed by atoms with Gasteiger partial charge in [0.15, 0.2) is 0 Å². The van der Waals surface area contributed by atoms with Crippen LogP contribution >= 0.6 is 0 Å².